The maximum atomic E-state index is 14.6. The lowest BCUT2D eigenvalue weighted by atomic mass is 9.97. The molecule has 1 aromatic heterocycles. The van der Waals surface area contributed by atoms with Crippen LogP contribution >= 0.6 is 22.9 Å². The summed E-state index contributed by atoms with van der Waals surface area (Å²) in [5.74, 6) is 10.6. The van der Waals surface area contributed by atoms with Gasteiger partial charge in [0.1, 0.15) is 18.2 Å². The molecule has 3 aromatic rings. The van der Waals surface area contributed by atoms with Crippen LogP contribution in [0.3, 0.4) is 0 Å². The van der Waals surface area contributed by atoms with E-state index in [0.29, 0.717) is 35.6 Å². The zero-order valence-electron chi connectivity index (χ0n) is 20.0. The van der Waals surface area contributed by atoms with Crippen LogP contribution in [-0.4, -0.2) is 18.1 Å². The standard InChI is InChI=1S/C29H26ClFN2OS/c1-5-10-33-26(21-9-8-17(2)25(31)14-21)15-22-13-20(22)7-6-11-34-27-16-24(30)23(12-18(27)3)28-19(4)35-29(33)32-28/h1,8-9,12,14,16,20,22,26H,10-11,13,15H2,2-4H3. The van der Waals surface area contributed by atoms with E-state index in [4.69, 9.17) is 27.7 Å². The number of aryl methyl sites for hydroxylation is 3. The lowest BCUT2D eigenvalue weighted by Crippen LogP contribution is -2.30. The molecule has 1 aliphatic carbocycles. The Bertz CT molecular complexity index is 1400. The minimum absolute atomic E-state index is 0.111. The molecule has 3 atom stereocenters. The first kappa shape index (κ1) is 23.7. The lowest BCUT2D eigenvalue weighted by molar-refractivity contribution is 0.367. The first-order valence-electron chi connectivity index (χ1n) is 11.7. The molecule has 4 bridgehead atoms. The number of thiazole rings is 1. The van der Waals surface area contributed by atoms with Gasteiger partial charge < -0.3 is 9.64 Å². The Morgan fingerprint density at radius 1 is 1.23 bits per heavy atom. The van der Waals surface area contributed by atoms with Gasteiger partial charge in [0.2, 0.25) is 0 Å². The zero-order valence-corrected chi connectivity index (χ0v) is 21.6. The van der Waals surface area contributed by atoms with Crippen LogP contribution in [0.5, 0.6) is 5.75 Å². The molecule has 1 saturated carbocycles. The number of halogens is 2. The largest absolute Gasteiger partial charge is 0.481 e. The summed E-state index contributed by atoms with van der Waals surface area (Å²) in [6.07, 6.45) is 7.68. The molecule has 0 saturated heterocycles. The highest BCUT2D eigenvalue weighted by molar-refractivity contribution is 7.16. The molecule has 2 aromatic carbocycles. The first-order valence-corrected chi connectivity index (χ1v) is 12.9. The van der Waals surface area contributed by atoms with Crippen LogP contribution in [0.15, 0.2) is 30.3 Å². The molecule has 2 aliphatic heterocycles. The van der Waals surface area contributed by atoms with Crippen molar-refractivity contribution in [2.24, 2.45) is 11.8 Å². The average Bonchev–Trinajstić information content (AvgIpc) is 3.46. The molecule has 0 radical (unpaired) electrons. The van der Waals surface area contributed by atoms with E-state index in [9.17, 15) is 4.39 Å². The van der Waals surface area contributed by atoms with Gasteiger partial charge >= 0.3 is 0 Å². The molecule has 35 heavy (non-hydrogen) atoms. The average molecular weight is 505 g/mol. The Hall–Kier alpha value is -2.99. The van der Waals surface area contributed by atoms with Crippen molar-refractivity contribution < 1.29 is 9.13 Å². The smallest absolute Gasteiger partial charge is 0.187 e. The number of benzene rings is 2. The summed E-state index contributed by atoms with van der Waals surface area (Å²) in [6.45, 7) is 6.50. The summed E-state index contributed by atoms with van der Waals surface area (Å²) in [5, 5.41) is 1.39. The molecule has 1 fully saturated rings. The van der Waals surface area contributed by atoms with Gasteiger partial charge in [-0.2, -0.15) is 0 Å². The molecule has 3 heterocycles. The van der Waals surface area contributed by atoms with E-state index < -0.39 is 0 Å². The summed E-state index contributed by atoms with van der Waals surface area (Å²) in [5.41, 5.74) is 4.19. The zero-order chi connectivity index (χ0) is 24.7. The number of terminal acetylenes is 1. The fraction of sp³-hybridized carbons (Fsp3) is 0.345. The molecule has 3 aliphatic rings. The Morgan fingerprint density at radius 2 is 2.06 bits per heavy atom. The second-order valence-corrected chi connectivity index (χ2v) is 10.9. The summed E-state index contributed by atoms with van der Waals surface area (Å²) < 4.78 is 20.6. The van der Waals surface area contributed by atoms with Crippen molar-refractivity contribution in [3.63, 3.8) is 0 Å². The highest BCUT2D eigenvalue weighted by Crippen LogP contribution is 2.48. The summed E-state index contributed by atoms with van der Waals surface area (Å²) in [4.78, 5) is 8.21. The number of nitrogens with zero attached hydrogens (tertiary/aromatic N) is 2. The SMILES string of the molecule is C#CCN1c2nc(c(C)s2)-c2cc(C)c(cc2Cl)OCC#CC2CC2CC1c1ccc(C)c(F)c1. The summed E-state index contributed by atoms with van der Waals surface area (Å²) in [6, 6.07) is 9.22. The molecule has 0 spiro atoms. The lowest BCUT2D eigenvalue weighted by Gasteiger charge is -2.31. The van der Waals surface area contributed by atoms with Crippen molar-refractivity contribution in [3.8, 4) is 41.2 Å². The quantitative estimate of drug-likeness (QED) is 0.347. The van der Waals surface area contributed by atoms with E-state index in [1.165, 1.54) is 0 Å². The second-order valence-electron chi connectivity index (χ2n) is 9.30. The summed E-state index contributed by atoms with van der Waals surface area (Å²) >= 11 is 8.28. The normalized spacial score (nSPS) is 20.9. The Labute approximate surface area is 215 Å². The van der Waals surface area contributed by atoms with Crippen LogP contribution in [0.2, 0.25) is 5.02 Å². The predicted octanol–water partition coefficient (Wildman–Crippen LogP) is 7.13. The van der Waals surface area contributed by atoms with E-state index in [1.54, 1.807) is 24.3 Å². The van der Waals surface area contributed by atoms with E-state index in [1.807, 2.05) is 38.1 Å². The molecule has 0 N–H and O–H groups in total. The van der Waals surface area contributed by atoms with Gasteiger partial charge in [0.25, 0.3) is 0 Å². The number of rotatable bonds is 2. The van der Waals surface area contributed by atoms with Crippen LogP contribution in [-0.2, 0) is 0 Å². The van der Waals surface area contributed by atoms with Gasteiger partial charge in [-0.05, 0) is 74.4 Å². The molecule has 6 heteroatoms. The number of hydrogen-bond donors (Lipinski definition) is 0. The van der Waals surface area contributed by atoms with Crippen molar-refractivity contribution in [3.05, 3.63) is 62.7 Å². The van der Waals surface area contributed by atoms with Crippen LogP contribution in [0, 0.1) is 62.6 Å². The minimum atomic E-state index is -0.210. The van der Waals surface area contributed by atoms with E-state index >= 15 is 0 Å². The van der Waals surface area contributed by atoms with E-state index in [-0.39, 0.29) is 11.9 Å². The maximum absolute atomic E-state index is 14.6. The maximum Gasteiger partial charge on any atom is 0.187 e. The van der Waals surface area contributed by atoms with E-state index in [0.717, 1.165) is 51.0 Å². The minimum Gasteiger partial charge on any atom is -0.481 e. The van der Waals surface area contributed by atoms with Crippen molar-refractivity contribution in [2.45, 2.75) is 39.7 Å². The number of ether oxygens (including phenoxy) is 1. The van der Waals surface area contributed by atoms with Crippen molar-refractivity contribution >= 4 is 28.1 Å². The third-order valence-electron chi connectivity index (χ3n) is 6.81. The van der Waals surface area contributed by atoms with Crippen molar-refractivity contribution in [1.82, 2.24) is 4.98 Å². The van der Waals surface area contributed by atoms with Gasteiger partial charge in [0.05, 0.1) is 23.3 Å². The first-order chi connectivity index (χ1) is 16.9. The third-order valence-corrected chi connectivity index (χ3v) is 8.13. The molecule has 3 nitrogen and oxygen atoms in total. The molecule has 6 rings (SSSR count). The third kappa shape index (κ3) is 4.76. The van der Waals surface area contributed by atoms with Gasteiger partial charge in [-0.15, -0.1) is 17.8 Å². The second kappa shape index (κ2) is 9.57. The van der Waals surface area contributed by atoms with Crippen LogP contribution in [0.4, 0.5) is 9.52 Å². The van der Waals surface area contributed by atoms with E-state index in [2.05, 4.69) is 22.7 Å². The number of fused-ring (bicyclic) bond motifs is 6. The van der Waals surface area contributed by atoms with Crippen LogP contribution in [0.25, 0.3) is 11.3 Å². The van der Waals surface area contributed by atoms with Gasteiger partial charge in [-0.1, -0.05) is 41.5 Å². The monoisotopic (exact) mass is 504 g/mol. The number of aromatic nitrogens is 1. The molecule has 178 valence electrons. The van der Waals surface area contributed by atoms with Crippen molar-refractivity contribution in [1.29, 1.82) is 0 Å². The topological polar surface area (TPSA) is 25.4 Å². The fourth-order valence-corrected chi connectivity index (χ4v) is 5.90. The Morgan fingerprint density at radius 3 is 2.83 bits per heavy atom. The predicted molar refractivity (Wildman–Crippen MR) is 142 cm³/mol. The molecule has 0 amide bonds. The summed E-state index contributed by atoms with van der Waals surface area (Å²) in [7, 11) is 0. The number of anilines is 1. The van der Waals surface area contributed by atoms with Gasteiger partial charge in [-0.3, -0.25) is 0 Å². The molecular weight excluding hydrogens is 479 g/mol. The Balaban J connectivity index is 1.66. The molecule has 3 unspecified atom stereocenters. The van der Waals surface area contributed by atoms with Crippen LogP contribution < -0.4 is 9.64 Å². The van der Waals surface area contributed by atoms with Gasteiger partial charge in [-0.25, -0.2) is 9.37 Å². The van der Waals surface area contributed by atoms with Crippen molar-refractivity contribution in [2.75, 3.05) is 18.1 Å². The highest BCUT2D eigenvalue weighted by atomic mass is 35.5. The van der Waals surface area contributed by atoms with Gasteiger partial charge in [0.15, 0.2) is 5.13 Å². The van der Waals surface area contributed by atoms with Crippen LogP contribution in [0.1, 0.15) is 40.5 Å². The molecular formula is C29H26ClFN2OS. The van der Waals surface area contributed by atoms with Gasteiger partial charge in [0, 0.05) is 16.4 Å². The fourth-order valence-electron chi connectivity index (χ4n) is 4.68. The number of hydrogen-bond acceptors (Lipinski definition) is 4. The Kier molecular flexibility index (Phi) is 6.49. The highest BCUT2D eigenvalue weighted by Gasteiger charge is 2.40.